The van der Waals surface area contributed by atoms with Crippen molar-refractivity contribution in [1.29, 1.82) is 0 Å². The summed E-state index contributed by atoms with van der Waals surface area (Å²) < 4.78 is 2.43. The van der Waals surface area contributed by atoms with E-state index in [1.165, 1.54) is 33.9 Å². The standard InChI is InChI=1S/C31H37N2/c1-7-32-26-20-16-14-18-24(26)30(3,4)28(32)22-12-10-9-11-13-23-29-31(5,6)25-19-15-17-21-27(25)33(29)8-2/h9-23H,7-8H2,1-6H3/q+1. The normalized spacial score (nSPS) is 20.1. The van der Waals surface area contributed by atoms with Crippen LogP contribution in [-0.2, 0) is 10.8 Å². The topological polar surface area (TPSA) is 6.25 Å². The third kappa shape index (κ3) is 3.93. The summed E-state index contributed by atoms with van der Waals surface area (Å²) in [5, 5.41) is 0. The fourth-order valence-corrected chi connectivity index (χ4v) is 5.45. The van der Waals surface area contributed by atoms with E-state index in [1.807, 2.05) is 0 Å². The average Bonchev–Trinajstić information content (AvgIpc) is 3.17. The molecular formula is C31H37N2+. The van der Waals surface area contributed by atoms with Crippen molar-refractivity contribution in [2.24, 2.45) is 0 Å². The van der Waals surface area contributed by atoms with E-state index in [0.717, 1.165) is 13.1 Å². The second-order valence-electron chi connectivity index (χ2n) is 9.84. The smallest absolute Gasteiger partial charge is 0.209 e. The molecule has 4 rings (SSSR count). The van der Waals surface area contributed by atoms with Crippen LogP contribution < -0.4 is 4.90 Å². The summed E-state index contributed by atoms with van der Waals surface area (Å²) >= 11 is 0. The lowest BCUT2D eigenvalue weighted by Crippen LogP contribution is -2.27. The molecule has 0 N–H and O–H groups in total. The zero-order chi connectivity index (χ0) is 23.6. The fourth-order valence-electron chi connectivity index (χ4n) is 5.45. The van der Waals surface area contributed by atoms with Crippen molar-refractivity contribution in [2.45, 2.75) is 52.4 Å². The first-order valence-electron chi connectivity index (χ1n) is 12.2. The highest BCUT2D eigenvalue weighted by atomic mass is 15.2. The van der Waals surface area contributed by atoms with Crippen LogP contribution in [0.15, 0.2) is 96.8 Å². The molecule has 2 aliphatic heterocycles. The van der Waals surface area contributed by atoms with Gasteiger partial charge in [0.15, 0.2) is 5.71 Å². The summed E-state index contributed by atoms with van der Waals surface area (Å²) in [7, 11) is 0. The van der Waals surface area contributed by atoms with Crippen LogP contribution in [0.3, 0.4) is 0 Å². The van der Waals surface area contributed by atoms with E-state index in [-0.39, 0.29) is 10.8 Å². The second-order valence-corrected chi connectivity index (χ2v) is 9.84. The van der Waals surface area contributed by atoms with Gasteiger partial charge in [0.05, 0.1) is 5.41 Å². The zero-order valence-electron chi connectivity index (χ0n) is 21.0. The van der Waals surface area contributed by atoms with Crippen molar-refractivity contribution in [3.63, 3.8) is 0 Å². The molecule has 0 aromatic heterocycles. The van der Waals surface area contributed by atoms with Crippen LogP contribution in [0.4, 0.5) is 11.4 Å². The first-order chi connectivity index (χ1) is 15.8. The summed E-state index contributed by atoms with van der Waals surface area (Å²) in [6, 6.07) is 17.5. The zero-order valence-corrected chi connectivity index (χ0v) is 21.0. The quantitative estimate of drug-likeness (QED) is 0.336. The Bertz CT molecular complexity index is 1180. The molecule has 2 aromatic carbocycles. The first-order valence-corrected chi connectivity index (χ1v) is 12.2. The number of allylic oxidation sites excluding steroid dienone is 8. The van der Waals surface area contributed by atoms with Crippen molar-refractivity contribution in [3.05, 3.63) is 108 Å². The van der Waals surface area contributed by atoms with E-state index in [9.17, 15) is 0 Å². The molecule has 2 aromatic rings. The van der Waals surface area contributed by atoms with Crippen LogP contribution in [0.1, 0.15) is 52.7 Å². The van der Waals surface area contributed by atoms with Crippen molar-refractivity contribution in [2.75, 3.05) is 18.0 Å². The maximum Gasteiger partial charge on any atom is 0.209 e. The van der Waals surface area contributed by atoms with Crippen molar-refractivity contribution in [1.82, 2.24) is 0 Å². The summed E-state index contributed by atoms with van der Waals surface area (Å²) in [6.45, 7) is 15.7. The Kier molecular flexibility index (Phi) is 6.30. The van der Waals surface area contributed by atoms with Gasteiger partial charge in [0.2, 0.25) is 5.69 Å². The van der Waals surface area contributed by atoms with E-state index in [2.05, 4.69) is 142 Å². The van der Waals surface area contributed by atoms with Gasteiger partial charge in [-0.15, -0.1) is 0 Å². The van der Waals surface area contributed by atoms with Crippen molar-refractivity contribution in [3.8, 4) is 0 Å². The Morgan fingerprint density at radius 3 is 2.12 bits per heavy atom. The highest BCUT2D eigenvalue weighted by molar-refractivity contribution is 6.03. The number of rotatable bonds is 6. The molecule has 0 atom stereocenters. The first kappa shape index (κ1) is 23.0. The van der Waals surface area contributed by atoms with Crippen molar-refractivity contribution >= 4 is 17.1 Å². The molecule has 0 bridgehead atoms. The molecule has 2 aliphatic rings. The molecule has 2 heterocycles. The minimum absolute atomic E-state index is 0.0177. The Balaban J connectivity index is 1.50. The lowest BCUT2D eigenvalue weighted by molar-refractivity contribution is -0.433. The number of nitrogens with zero attached hydrogens (tertiary/aromatic N) is 2. The number of anilines is 1. The second kappa shape index (κ2) is 9.02. The van der Waals surface area contributed by atoms with Crippen LogP contribution in [0, 0.1) is 0 Å². The molecular weight excluding hydrogens is 400 g/mol. The Labute approximate surface area is 200 Å². The number of fused-ring (bicyclic) bond motifs is 2. The predicted molar refractivity (Wildman–Crippen MR) is 143 cm³/mol. The lowest BCUT2D eigenvalue weighted by Gasteiger charge is -2.25. The Morgan fingerprint density at radius 2 is 1.39 bits per heavy atom. The van der Waals surface area contributed by atoms with Gasteiger partial charge in [-0.2, -0.15) is 4.58 Å². The van der Waals surface area contributed by atoms with Gasteiger partial charge in [-0.05, 0) is 45.4 Å². The maximum atomic E-state index is 2.43. The van der Waals surface area contributed by atoms with E-state index < -0.39 is 0 Å². The Morgan fingerprint density at radius 1 is 0.758 bits per heavy atom. The molecule has 0 unspecified atom stereocenters. The minimum Gasteiger partial charge on any atom is -0.344 e. The van der Waals surface area contributed by atoms with Gasteiger partial charge < -0.3 is 4.90 Å². The predicted octanol–water partition coefficient (Wildman–Crippen LogP) is 7.45. The third-order valence-electron chi connectivity index (χ3n) is 7.18. The van der Waals surface area contributed by atoms with Crippen molar-refractivity contribution < 1.29 is 4.58 Å². The van der Waals surface area contributed by atoms with E-state index >= 15 is 0 Å². The van der Waals surface area contributed by atoms with Gasteiger partial charge in [0.25, 0.3) is 0 Å². The van der Waals surface area contributed by atoms with Crippen LogP contribution in [0.25, 0.3) is 0 Å². The maximum absolute atomic E-state index is 2.43. The molecule has 33 heavy (non-hydrogen) atoms. The molecule has 0 radical (unpaired) electrons. The van der Waals surface area contributed by atoms with Crippen LogP contribution >= 0.6 is 0 Å². The summed E-state index contributed by atoms with van der Waals surface area (Å²) in [4.78, 5) is 2.43. The summed E-state index contributed by atoms with van der Waals surface area (Å²) in [6.07, 6.45) is 15.2. The lowest BCUT2D eigenvalue weighted by atomic mass is 9.81. The molecule has 0 fully saturated rings. The van der Waals surface area contributed by atoms with Gasteiger partial charge in [0, 0.05) is 41.1 Å². The van der Waals surface area contributed by atoms with E-state index in [4.69, 9.17) is 0 Å². The number of hydrogen-bond donors (Lipinski definition) is 0. The van der Waals surface area contributed by atoms with Gasteiger partial charge in [0.1, 0.15) is 6.54 Å². The molecule has 2 nitrogen and oxygen atoms in total. The molecule has 2 heteroatoms. The van der Waals surface area contributed by atoms with Crippen LogP contribution in [0.5, 0.6) is 0 Å². The van der Waals surface area contributed by atoms with Crippen LogP contribution in [-0.4, -0.2) is 23.4 Å². The molecule has 0 spiro atoms. The van der Waals surface area contributed by atoms with Gasteiger partial charge in [-0.25, -0.2) is 0 Å². The molecule has 0 amide bonds. The average molecular weight is 438 g/mol. The van der Waals surface area contributed by atoms with Gasteiger partial charge >= 0.3 is 0 Å². The molecule has 0 saturated carbocycles. The molecule has 0 aliphatic carbocycles. The third-order valence-corrected chi connectivity index (χ3v) is 7.18. The Hall–Kier alpha value is -3.13. The number of benzene rings is 2. The van der Waals surface area contributed by atoms with Gasteiger partial charge in [-0.1, -0.05) is 80.6 Å². The number of likely N-dealkylation sites (N-methyl/N-ethyl adjacent to an activating group) is 1. The molecule has 170 valence electrons. The SMILES string of the molecule is CCN1C(=C/C=C/C=C/C=C/C2=[N+](CC)c3ccccc3C2(C)C)C(C)(C)c2ccccc21. The minimum atomic E-state index is 0.0177. The highest BCUT2D eigenvalue weighted by Gasteiger charge is 2.43. The fraction of sp³-hybridized carbons (Fsp3) is 0.323. The molecule has 0 saturated heterocycles. The van der Waals surface area contributed by atoms with Gasteiger partial charge in [-0.3, -0.25) is 0 Å². The van der Waals surface area contributed by atoms with Crippen LogP contribution in [0.2, 0.25) is 0 Å². The summed E-state index contributed by atoms with van der Waals surface area (Å²) in [5.74, 6) is 0. The monoisotopic (exact) mass is 437 g/mol. The largest absolute Gasteiger partial charge is 0.344 e. The summed E-state index contributed by atoms with van der Waals surface area (Å²) in [5.41, 5.74) is 8.22. The van der Waals surface area contributed by atoms with E-state index in [0.29, 0.717) is 0 Å². The van der Waals surface area contributed by atoms with E-state index in [1.54, 1.807) is 0 Å². The number of para-hydroxylation sites is 2. The highest BCUT2D eigenvalue weighted by Crippen LogP contribution is 2.47. The number of hydrogen-bond acceptors (Lipinski definition) is 1.